The Morgan fingerprint density at radius 1 is 1.33 bits per heavy atom. The van der Waals surface area contributed by atoms with Gasteiger partial charge >= 0.3 is 5.69 Å². The van der Waals surface area contributed by atoms with Crippen molar-refractivity contribution in [2.45, 2.75) is 11.4 Å². The lowest BCUT2D eigenvalue weighted by Gasteiger charge is -2.08. The Labute approximate surface area is 130 Å². The SMILES string of the molecule is CS(=O)(=O)c1cccc(NCc2ccc(Cl)s2)c1[N+](=O)[O-]. The van der Waals surface area contributed by atoms with Gasteiger partial charge in [0.05, 0.1) is 9.26 Å². The quantitative estimate of drug-likeness (QED) is 0.662. The highest BCUT2D eigenvalue weighted by atomic mass is 35.5. The minimum absolute atomic E-state index is 0.160. The van der Waals surface area contributed by atoms with E-state index >= 15 is 0 Å². The lowest BCUT2D eigenvalue weighted by atomic mass is 10.2. The van der Waals surface area contributed by atoms with E-state index in [4.69, 9.17) is 11.6 Å². The van der Waals surface area contributed by atoms with Crippen LogP contribution in [-0.2, 0) is 16.4 Å². The molecule has 1 heterocycles. The van der Waals surface area contributed by atoms with Gasteiger partial charge in [0.1, 0.15) is 10.6 Å². The Hall–Kier alpha value is -1.64. The van der Waals surface area contributed by atoms with Crippen LogP contribution in [0, 0.1) is 10.1 Å². The van der Waals surface area contributed by atoms with Crippen LogP contribution < -0.4 is 5.32 Å². The lowest BCUT2D eigenvalue weighted by Crippen LogP contribution is -2.07. The molecule has 9 heteroatoms. The molecule has 1 aromatic heterocycles. The van der Waals surface area contributed by atoms with Gasteiger partial charge in [-0.15, -0.1) is 11.3 Å². The molecule has 2 rings (SSSR count). The molecule has 1 N–H and O–H groups in total. The molecule has 0 unspecified atom stereocenters. The second kappa shape index (κ2) is 6.00. The van der Waals surface area contributed by atoms with Gasteiger partial charge in [-0.3, -0.25) is 10.1 Å². The van der Waals surface area contributed by atoms with Crippen LogP contribution in [0.1, 0.15) is 4.88 Å². The third kappa shape index (κ3) is 3.72. The van der Waals surface area contributed by atoms with E-state index in [1.165, 1.54) is 29.5 Å². The van der Waals surface area contributed by atoms with Crippen molar-refractivity contribution >= 4 is 44.1 Å². The van der Waals surface area contributed by atoms with Gasteiger partial charge in [0, 0.05) is 17.7 Å². The Kier molecular flexibility index (Phi) is 4.50. The molecule has 1 aromatic carbocycles. The number of hydrogen-bond acceptors (Lipinski definition) is 6. The molecular formula is C12H11ClN2O4S2. The zero-order chi connectivity index (χ0) is 15.6. The maximum absolute atomic E-state index is 11.6. The summed E-state index contributed by atoms with van der Waals surface area (Å²) < 4.78 is 23.9. The van der Waals surface area contributed by atoms with Gasteiger partial charge in [-0.2, -0.15) is 0 Å². The molecule has 0 saturated heterocycles. The molecule has 112 valence electrons. The van der Waals surface area contributed by atoms with E-state index in [9.17, 15) is 18.5 Å². The van der Waals surface area contributed by atoms with E-state index in [2.05, 4.69) is 5.32 Å². The van der Waals surface area contributed by atoms with Crippen LogP contribution in [0.5, 0.6) is 0 Å². The summed E-state index contributed by atoms with van der Waals surface area (Å²) in [6.45, 7) is 0.325. The Morgan fingerprint density at radius 2 is 2.05 bits per heavy atom. The number of rotatable bonds is 5. The predicted octanol–water partition coefficient (Wildman–Crippen LogP) is 3.33. The zero-order valence-corrected chi connectivity index (χ0v) is 13.3. The number of nitrogens with zero attached hydrogens (tertiary/aromatic N) is 1. The number of benzene rings is 1. The topological polar surface area (TPSA) is 89.3 Å². The van der Waals surface area contributed by atoms with Gasteiger partial charge < -0.3 is 5.32 Å². The van der Waals surface area contributed by atoms with Crippen LogP contribution in [0.15, 0.2) is 35.2 Å². The van der Waals surface area contributed by atoms with Crippen LogP contribution in [0.2, 0.25) is 4.34 Å². The van der Waals surface area contributed by atoms with Crippen LogP contribution in [0.3, 0.4) is 0 Å². The van der Waals surface area contributed by atoms with Crippen LogP contribution in [-0.4, -0.2) is 19.6 Å². The van der Waals surface area contributed by atoms with Crippen LogP contribution >= 0.6 is 22.9 Å². The molecule has 0 aliphatic rings. The molecule has 6 nitrogen and oxygen atoms in total. The first-order chi connectivity index (χ1) is 9.79. The molecule has 2 aromatic rings. The van der Waals surface area contributed by atoms with Crippen molar-refractivity contribution in [2.75, 3.05) is 11.6 Å². The third-order valence-electron chi connectivity index (χ3n) is 2.66. The summed E-state index contributed by atoms with van der Waals surface area (Å²) in [5, 5.41) is 14.1. The minimum Gasteiger partial charge on any atom is -0.375 e. The average molecular weight is 347 g/mol. The highest BCUT2D eigenvalue weighted by Gasteiger charge is 2.25. The number of anilines is 1. The molecule has 0 aliphatic carbocycles. The lowest BCUT2D eigenvalue weighted by molar-refractivity contribution is -0.386. The first-order valence-electron chi connectivity index (χ1n) is 5.74. The summed E-state index contributed by atoms with van der Waals surface area (Å²) in [6.07, 6.45) is 0.943. The maximum atomic E-state index is 11.6. The van der Waals surface area contributed by atoms with E-state index in [0.717, 1.165) is 11.1 Å². The fraction of sp³-hybridized carbons (Fsp3) is 0.167. The highest BCUT2D eigenvalue weighted by Crippen LogP contribution is 2.32. The van der Waals surface area contributed by atoms with Gasteiger partial charge in [0.15, 0.2) is 9.84 Å². The van der Waals surface area contributed by atoms with Gasteiger partial charge in [-0.05, 0) is 24.3 Å². The zero-order valence-electron chi connectivity index (χ0n) is 10.9. The van der Waals surface area contributed by atoms with Crippen LogP contribution in [0.4, 0.5) is 11.4 Å². The number of nitrogens with one attached hydrogen (secondary N) is 1. The molecule has 0 bridgehead atoms. The van der Waals surface area contributed by atoms with E-state index in [-0.39, 0.29) is 10.6 Å². The normalized spacial score (nSPS) is 11.3. The van der Waals surface area contributed by atoms with Crippen molar-refractivity contribution in [2.24, 2.45) is 0 Å². The number of nitro benzene ring substituents is 1. The molecule has 0 atom stereocenters. The van der Waals surface area contributed by atoms with Gasteiger partial charge in [0.2, 0.25) is 0 Å². The van der Waals surface area contributed by atoms with E-state index in [0.29, 0.717) is 10.9 Å². The van der Waals surface area contributed by atoms with Crippen molar-refractivity contribution in [1.82, 2.24) is 0 Å². The number of nitro groups is 1. The average Bonchev–Trinajstić information content (AvgIpc) is 2.80. The maximum Gasteiger partial charge on any atom is 0.310 e. The highest BCUT2D eigenvalue weighted by molar-refractivity contribution is 7.90. The molecule has 21 heavy (non-hydrogen) atoms. The molecule has 0 aliphatic heterocycles. The van der Waals surface area contributed by atoms with E-state index in [1.807, 2.05) is 0 Å². The van der Waals surface area contributed by atoms with Crippen molar-refractivity contribution in [3.05, 3.63) is 49.7 Å². The largest absolute Gasteiger partial charge is 0.375 e. The number of thiophene rings is 1. The Bertz CT molecular complexity index is 786. The molecule has 0 fully saturated rings. The van der Waals surface area contributed by atoms with Crippen molar-refractivity contribution in [3.8, 4) is 0 Å². The summed E-state index contributed by atoms with van der Waals surface area (Å²) >= 11 is 7.16. The number of para-hydroxylation sites is 1. The summed E-state index contributed by atoms with van der Waals surface area (Å²) in [5.74, 6) is 0. The summed E-state index contributed by atoms with van der Waals surface area (Å²) in [6, 6.07) is 7.69. The first-order valence-corrected chi connectivity index (χ1v) is 8.83. The van der Waals surface area contributed by atoms with Crippen molar-refractivity contribution in [1.29, 1.82) is 0 Å². The van der Waals surface area contributed by atoms with E-state index in [1.54, 1.807) is 12.1 Å². The summed E-state index contributed by atoms with van der Waals surface area (Å²) in [7, 11) is -3.68. The molecule has 0 spiro atoms. The molecular weight excluding hydrogens is 336 g/mol. The van der Waals surface area contributed by atoms with Gasteiger partial charge in [-0.1, -0.05) is 17.7 Å². The predicted molar refractivity (Wildman–Crippen MR) is 82.9 cm³/mol. The fourth-order valence-electron chi connectivity index (χ4n) is 1.78. The first kappa shape index (κ1) is 15.7. The van der Waals surface area contributed by atoms with E-state index < -0.39 is 20.4 Å². The van der Waals surface area contributed by atoms with Crippen molar-refractivity contribution < 1.29 is 13.3 Å². The second-order valence-electron chi connectivity index (χ2n) is 4.24. The number of hydrogen-bond donors (Lipinski definition) is 1. The van der Waals surface area contributed by atoms with Crippen molar-refractivity contribution in [3.63, 3.8) is 0 Å². The van der Waals surface area contributed by atoms with Gasteiger partial charge in [-0.25, -0.2) is 8.42 Å². The van der Waals surface area contributed by atoms with Gasteiger partial charge in [0.25, 0.3) is 0 Å². The summed E-state index contributed by atoms with van der Waals surface area (Å²) in [4.78, 5) is 11.1. The molecule has 0 amide bonds. The molecule has 0 radical (unpaired) electrons. The standard InChI is InChI=1S/C12H11ClN2O4S2/c1-21(18,19)10-4-2-3-9(12(10)15(16)17)14-7-8-5-6-11(13)20-8/h2-6,14H,7H2,1H3. The minimum atomic E-state index is -3.68. The second-order valence-corrected chi connectivity index (χ2v) is 8.02. The monoisotopic (exact) mass is 346 g/mol. The van der Waals surface area contributed by atoms with Crippen LogP contribution in [0.25, 0.3) is 0 Å². The smallest absolute Gasteiger partial charge is 0.310 e. The molecule has 0 saturated carbocycles. The fourth-order valence-corrected chi connectivity index (χ4v) is 3.67. The number of sulfone groups is 1. The number of halogens is 1. The Morgan fingerprint density at radius 3 is 2.57 bits per heavy atom. The summed E-state index contributed by atoms with van der Waals surface area (Å²) in [5.41, 5.74) is -0.282. The Balaban J connectivity index is 2.37. The third-order valence-corrected chi connectivity index (χ3v) is 5.02.